The maximum Gasteiger partial charge on any atom is 0.186 e. The molecule has 1 aliphatic heterocycles. The first-order valence-electron chi connectivity index (χ1n) is 16.6. The van der Waals surface area contributed by atoms with E-state index in [-0.39, 0.29) is 71.6 Å². The second kappa shape index (κ2) is 12.1. The molecular weight excluding hydrogens is 540 g/mol. The lowest BCUT2D eigenvalue weighted by Gasteiger charge is -2.66. The Hall–Kier alpha value is -0.360. The fraction of sp³-hybridized carbons (Fsp3) is 1.00. The molecule has 4 aliphatic carbocycles. The van der Waals surface area contributed by atoms with E-state index < -0.39 is 42.4 Å². The van der Waals surface area contributed by atoms with Crippen LogP contribution < -0.4 is 0 Å². The van der Waals surface area contributed by atoms with Gasteiger partial charge in [-0.15, -0.1) is 0 Å². The highest BCUT2D eigenvalue weighted by molar-refractivity contribution is 5.20. The predicted molar refractivity (Wildman–Crippen MR) is 156 cm³/mol. The van der Waals surface area contributed by atoms with E-state index in [1.54, 1.807) is 0 Å². The minimum Gasteiger partial charge on any atom is -0.393 e. The summed E-state index contributed by atoms with van der Waals surface area (Å²) in [6, 6.07) is 0. The molecule has 4 saturated carbocycles. The molecule has 5 fully saturated rings. The maximum absolute atomic E-state index is 12.5. The van der Waals surface area contributed by atoms with E-state index >= 15 is 0 Å². The molecule has 9 nitrogen and oxygen atoms in total. The Labute approximate surface area is 251 Å². The minimum atomic E-state index is -1.13. The Morgan fingerprint density at radius 2 is 1.57 bits per heavy atom. The molecule has 0 aromatic heterocycles. The van der Waals surface area contributed by atoms with Crippen molar-refractivity contribution in [2.75, 3.05) is 13.7 Å². The number of hydrogen-bond donors (Lipinski definition) is 6. The van der Waals surface area contributed by atoms with Crippen molar-refractivity contribution in [1.29, 1.82) is 0 Å². The first-order chi connectivity index (χ1) is 19.7. The third kappa shape index (κ3) is 5.41. The van der Waals surface area contributed by atoms with Gasteiger partial charge in [-0.1, -0.05) is 34.6 Å². The van der Waals surface area contributed by atoms with Gasteiger partial charge in [-0.05, 0) is 91.8 Å². The molecule has 9 heteroatoms. The van der Waals surface area contributed by atoms with Gasteiger partial charge >= 0.3 is 0 Å². The number of methoxy groups -OCH3 is 1. The van der Waals surface area contributed by atoms with Crippen LogP contribution in [0.25, 0.3) is 0 Å². The molecule has 42 heavy (non-hydrogen) atoms. The van der Waals surface area contributed by atoms with Gasteiger partial charge < -0.3 is 44.8 Å². The van der Waals surface area contributed by atoms with Crippen LogP contribution >= 0.6 is 0 Å². The van der Waals surface area contributed by atoms with Crippen LogP contribution in [-0.4, -0.2) is 99.0 Å². The third-order valence-electron chi connectivity index (χ3n) is 13.1. The van der Waals surface area contributed by atoms with E-state index in [2.05, 4.69) is 34.6 Å². The van der Waals surface area contributed by atoms with Crippen molar-refractivity contribution in [2.24, 2.45) is 46.3 Å². The van der Waals surface area contributed by atoms with Crippen molar-refractivity contribution in [2.45, 2.75) is 147 Å². The molecule has 5 rings (SSSR count). The Balaban J connectivity index is 1.28. The molecule has 0 aromatic rings. The van der Waals surface area contributed by atoms with Gasteiger partial charge in [0.1, 0.15) is 18.3 Å². The number of aliphatic hydroxyl groups is 6. The fourth-order valence-electron chi connectivity index (χ4n) is 10.9. The summed E-state index contributed by atoms with van der Waals surface area (Å²) in [6.07, 6.45) is 0.929. The fourth-order valence-corrected chi connectivity index (χ4v) is 10.9. The average Bonchev–Trinajstić information content (AvgIpc) is 3.19. The first-order valence-corrected chi connectivity index (χ1v) is 16.6. The van der Waals surface area contributed by atoms with Gasteiger partial charge in [0.05, 0.1) is 36.6 Å². The highest BCUT2D eigenvalue weighted by Crippen LogP contribution is 2.69. The molecule has 244 valence electrons. The predicted octanol–water partition coefficient (Wildman–Crippen LogP) is 2.61. The Bertz CT molecular complexity index is 933. The molecule has 0 spiro atoms. The van der Waals surface area contributed by atoms with Gasteiger partial charge in [0.25, 0.3) is 0 Å². The molecule has 5 aliphatic rings. The first kappa shape index (κ1) is 33.0. The SMILES string of the molecule is CO[C@H]1[C@@H](O)[C@@H](O[C@@H](CC[C@@H](C)[C@H]2C[C@H](O)[C@@H]3[C@]2(C)CC[C@@H]2[C@@]4(C)CC[C@H](O)C[C@@H]4[C@@H](O)C[C@]23O)C(C)C)OC[C@H]1O. The molecule has 0 amide bonds. The van der Waals surface area contributed by atoms with Crippen LogP contribution in [0.15, 0.2) is 0 Å². The quantitative estimate of drug-likeness (QED) is 0.248. The van der Waals surface area contributed by atoms with Crippen LogP contribution in [-0.2, 0) is 14.2 Å². The zero-order valence-electron chi connectivity index (χ0n) is 26.6. The summed E-state index contributed by atoms with van der Waals surface area (Å²) < 4.78 is 17.2. The van der Waals surface area contributed by atoms with Gasteiger partial charge in [-0.25, -0.2) is 0 Å². The lowest BCUT2D eigenvalue weighted by Crippen LogP contribution is -2.68. The van der Waals surface area contributed by atoms with Crippen LogP contribution in [0, 0.1) is 46.3 Å². The zero-order chi connectivity index (χ0) is 30.8. The highest BCUT2D eigenvalue weighted by Gasteiger charge is 2.70. The molecule has 0 aromatic carbocycles. The number of hydrogen-bond acceptors (Lipinski definition) is 9. The van der Waals surface area contributed by atoms with Gasteiger partial charge in [0, 0.05) is 19.4 Å². The number of aliphatic hydroxyl groups excluding tert-OH is 5. The van der Waals surface area contributed by atoms with Crippen molar-refractivity contribution < 1.29 is 44.8 Å². The zero-order valence-corrected chi connectivity index (χ0v) is 26.6. The van der Waals surface area contributed by atoms with Gasteiger partial charge in [-0.2, -0.15) is 0 Å². The van der Waals surface area contributed by atoms with Crippen LogP contribution in [0.5, 0.6) is 0 Å². The maximum atomic E-state index is 12.5. The number of rotatable bonds is 8. The van der Waals surface area contributed by atoms with Crippen LogP contribution in [0.4, 0.5) is 0 Å². The Morgan fingerprint density at radius 1 is 0.881 bits per heavy atom. The number of fused-ring (bicyclic) bond motifs is 5. The van der Waals surface area contributed by atoms with Crippen LogP contribution in [0.2, 0.25) is 0 Å². The van der Waals surface area contributed by atoms with E-state index in [0.717, 1.165) is 32.1 Å². The summed E-state index contributed by atoms with van der Waals surface area (Å²) in [7, 11) is 1.46. The topological polar surface area (TPSA) is 149 Å². The molecule has 1 heterocycles. The smallest absolute Gasteiger partial charge is 0.186 e. The monoisotopic (exact) mass is 598 g/mol. The van der Waals surface area contributed by atoms with E-state index in [4.69, 9.17) is 14.2 Å². The second-order valence-electron chi connectivity index (χ2n) is 15.7. The van der Waals surface area contributed by atoms with E-state index in [0.29, 0.717) is 19.3 Å². The molecule has 0 radical (unpaired) electrons. The largest absolute Gasteiger partial charge is 0.393 e. The highest BCUT2D eigenvalue weighted by atomic mass is 16.7. The van der Waals surface area contributed by atoms with Crippen molar-refractivity contribution in [1.82, 2.24) is 0 Å². The van der Waals surface area contributed by atoms with Gasteiger partial charge in [0.2, 0.25) is 0 Å². The molecule has 1 saturated heterocycles. The van der Waals surface area contributed by atoms with Gasteiger partial charge in [0.15, 0.2) is 6.29 Å². The van der Waals surface area contributed by atoms with E-state index in [9.17, 15) is 30.6 Å². The summed E-state index contributed by atoms with van der Waals surface area (Å²) in [4.78, 5) is 0. The lowest BCUT2D eigenvalue weighted by atomic mass is 9.42. The normalized spacial score (nSPS) is 52.4. The van der Waals surface area contributed by atoms with Crippen molar-refractivity contribution in [3.05, 3.63) is 0 Å². The van der Waals surface area contributed by atoms with Crippen LogP contribution in [0.3, 0.4) is 0 Å². The van der Waals surface area contributed by atoms with Crippen LogP contribution in [0.1, 0.15) is 92.4 Å². The summed E-state index contributed by atoms with van der Waals surface area (Å²) in [5, 5.41) is 66.7. The van der Waals surface area contributed by atoms with Gasteiger partial charge in [-0.3, -0.25) is 0 Å². The summed E-state index contributed by atoms with van der Waals surface area (Å²) in [6.45, 7) is 10.9. The molecule has 16 atom stereocenters. The molecular formula is C33H58O9. The molecule has 0 bridgehead atoms. The Morgan fingerprint density at radius 3 is 2.24 bits per heavy atom. The van der Waals surface area contributed by atoms with E-state index in [1.165, 1.54) is 7.11 Å². The minimum absolute atomic E-state index is 0.00256. The van der Waals surface area contributed by atoms with Crippen molar-refractivity contribution >= 4 is 0 Å². The summed E-state index contributed by atoms with van der Waals surface area (Å²) in [5.74, 6) is 0.355. The lowest BCUT2D eigenvalue weighted by molar-refractivity contribution is -0.290. The third-order valence-corrected chi connectivity index (χ3v) is 13.1. The average molecular weight is 599 g/mol. The standard InChI is InChI=1S/C33H58O9/c1-17(2)25(42-30-27(38)28(40-6)24(37)16-41-30)8-7-18(3)20-14-22(35)29-32(20,5)12-10-26-31(4)11-9-19(34)13-21(31)23(36)15-33(26,29)39/h17-30,34-39H,7-16H2,1-6H3/t18-,19+,20-,21-,22+,23+,24-,25+,26-,27-,28-,29-,30-,31+,32-,33+/m1/s1. The summed E-state index contributed by atoms with van der Waals surface area (Å²) >= 11 is 0. The number of ether oxygens (including phenoxy) is 3. The second-order valence-corrected chi connectivity index (χ2v) is 15.7. The molecule has 0 unspecified atom stereocenters. The Kier molecular flexibility index (Phi) is 9.51. The van der Waals surface area contributed by atoms with Crippen molar-refractivity contribution in [3.8, 4) is 0 Å². The van der Waals surface area contributed by atoms with Crippen molar-refractivity contribution in [3.63, 3.8) is 0 Å². The molecule has 6 N–H and O–H groups in total. The summed E-state index contributed by atoms with van der Waals surface area (Å²) in [5.41, 5.74) is -1.63. The van der Waals surface area contributed by atoms with E-state index in [1.807, 2.05) is 0 Å².